The lowest BCUT2D eigenvalue weighted by molar-refractivity contribution is -0.127. The normalized spacial score (nSPS) is 44.2. The molecule has 0 bridgehead atoms. The number of hydrogen-bond acceptors (Lipinski definition) is 1. The predicted molar refractivity (Wildman–Crippen MR) is 71.3 cm³/mol. The van der Waals surface area contributed by atoms with Crippen molar-refractivity contribution in [3.63, 3.8) is 0 Å². The van der Waals surface area contributed by atoms with Gasteiger partial charge >= 0.3 is 0 Å². The molecule has 17 heavy (non-hydrogen) atoms. The van der Waals surface area contributed by atoms with Gasteiger partial charge in [-0.1, -0.05) is 26.7 Å². The molecule has 0 aromatic rings. The molecule has 1 N–H and O–H groups in total. The molecule has 0 aromatic heterocycles. The number of hydrogen-bond donors (Lipinski definition) is 1. The first-order valence-corrected chi connectivity index (χ1v) is 7.22. The Kier molecular flexibility index (Phi) is 3.42. The second-order valence-corrected chi connectivity index (χ2v) is 7.54. The van der Waals surface area contributed by atoms with Gasteiger partial charge in [0.25, 0.3) is 0 Å². The molecule has 98 valence electrons. The summed E-state index contributed by atoms with van der Waals surface area (Å²) in [6.45, 7) is 6.33. The highest BCUT2D eigenvalue weighted by Gasteiger charge is 2.68. The SMILES string of the molecule is C[C@H]1[C@H](C)CCC[C@@H]1NC(=O)[C@@]1(C)CC1(Cl)Cl. The molecule has 2 rings (SSSR count). The van der Waals surface area contributed by atoms with Crippen LogP contribution in [0.5, 0.6) is 0 Å². The molecule has 0 saturated heterocycles. The van der Waals surface area contributed by atoms with E-state index in [1.165, 1.54) is 12.8 Å². The highest BCUT2D eigenvalue weighted by atomic mass is 35.5. The zero-order valence-electron chi connectivity index (χ0n) is 10.7. The Bertz CT molecular complexity index is 331. The highest BCUT2D eigenvalue weighted by Crippen LogP contribution is 2.63. The van der Waals surface area contributed by atoms with Gasteiger partial charge < -0.3 is 5.32 Å². The van der Waals surface area contributed by atoms with E-state index in [9.17, 15) is 4.79 Å². The van der Waals surface area contributed by atoms with Crippen molar-refractivity contribution in [1.82, 2.24) is 5.32 Å². The van der Waals surface area contributed by atoms with Crippen molar-refractivity contribution in [3.05, 3.63) is 0 Å². The van der Waals surface area contributed by atoms with Gasteiger partial charge in [-0.25, -0.2) is 0 Å². The third kappa shape index (κ3) is 2.31. The molecule has 4 atom stereocenters. The number of halogens is 2. The van der Waals surface area contributed by atoms with E-state index in [0.29, 0.717) is 18.3 Å². The second-order valence-electron chi connectivity index (χ2n) is 6.06. The second kappa shape index (κ2) is 4.31. The largest absolute Gasteiger partial charge is 0.353 e. The topological polar surface area (TPSA) is 29.1 Å². The van der Waals surface area contributed by atoms with Gasteiger partial charge in [-0.2, -0.15) is 0 Å². The third-order valence-corrected chi connectivity index (χ3v) is 5.88. The zero-order chi connectivity index (χ0) is 12.8. The molecule has 0 heterocycles. The maximum atomic E-state index is 12.2. The standard InChI is InChI=1S/C13H21Cl2NO/c1-8-5-4-6-10(9(8)2)16-11(17)12(3)7-13(12,14)15/h8-10H,4-7H2,1-3H3,(H,16,17)/t8-,9+,10+,12-/m1/s1. The third-order valence-electron chi connectivity index (χ3n) is 4.78. The van der Waals surface area contributed by atoms with E-state index in [2.05, 4.69) is 19.2 Å². The smallest absolute Gasteiger partial charge is 0.229 e. The average Bonchev–Trinajstić information content (AvgIpc) is 2.75. The Morgan fingerprint density at radius 2 is 1.88 bits per heavy atom. The van der Waals surface area contributed by atoms with Gasteiger partial charge in [0, 0.05) is 6.04 Å². The van der Waals surface area contributed by atoms with E-state index in [1.807, 2.05) is 6.92 Å². The summed E-state index contributed by atoms with van der Waals surface area (Å²) in [5, 5.41) is 3.15. The van der Waals surface area contributed by atoms with Crippen molar-refractivity contribution in [2.75, 3.05) is 0 Å². The van der Waals surface area contributed by atoms with E-state index in [-0.39, 0.29) is 11.9 Å². The monoisotopic (exact) mass is 277 g/mol. The molecule has 2 fully saturated rings. The van der Waals surface area contributed by atoms with Gasteiger partial charge in [0.15, 0.2) is 0 Å². The van der Waals surface area contributed by atoms with Gasteiger partial charge in [-0.15, -0.1) is 23.2 Å². The Morgan fingerprint density at radius 1 is 1.29 bits per heavy atom. The number of carbonyl (C=O) groups is 1. The van der Waals surface area contributed by atoms with Crippen molar-refractivity contribution in [2.24, 2.45) is 17.3 Å². The van der Waals surface area contributed by atoms with Crippen LogP contribution in [0.15, 0.2) is 0 Å². The Morgan fingerprint density at radius 3 is 2.41 bits per heavy atom. The molecule has 2 nitrogen and oxygen atoms in total. The molecule has 0 aliphatic heterocycles. The Hall–Kier alpha value is 0.0500. The minimum absolute atomic E-state index is 0.0217. The molecule has 0 unspecified atom stereocenters. The van der Waals surface area contributed by atoms with Crippen LogP contribution in [0.25, 0.3) is 0 Å². The van der Waals surface area contributed by atoms with Crippen LogP contribution in [0.3, 0.4) is 0 Å². The molecule has 1 amide bonds. The van der Waals surface area contributed by atoms with E-state index < -0.39 is 9.75 Å². The summed E-state index contributed by atoms with van der Waals surface area (Å²) in [6, 6.07) is 0.285. The van der Waals surface area contributed by atoms with Crippen LogP contribution in [0, 0.1) is 17.3 Å². The fourth-order valence-electron chi connectivity index (χ4n) is 2.76. The van der Waals surface area contributed by atoms with Crippen LogP contribution in [-0.2, 0) is 4.79 Å². The summed E-state index contributed by atoms with van der Waals surface area (Å²) >= 11 is 12.1. The predicted octanol–water partition coefficient (Wildman–Crippen LogP) is 3.51. The van der Waals surface area contributed by atoms with E-state index in [0.717, 1.165) is 6.42 Å². The van der Waals surface area contributed by atoms with Crippen molar-refractivity contribution >= 4 is 29.1 Å². The summed E-state index contributed by atoms with van der Waals surface area (Å²) < 4.78 is -0.861. The quantitative estimate of drug-likeness (QED) is 0.769. The van der Waals surface area contributed by atoms with Crippen molar-refractivity contribution in [3.8, 4) is 0 Å². The highest BCUT2D eigenvalue weighted by molar-refractivity contribution is 6.53. The molecule has 2 aliphatic rings. The summed E-state index contributed by atoms with van der Waals surface area (Å²) in [7, 11) is 0. The van der Waals surface area contributed by atoms with Crippen LogP contribution < -0.4 is 5.32 Å². The first kappa shape index (κ1) is 13.5. The molecule has 0 spiro atoms. The molecule has 4 heteroatoms. The van der Waals surface area contributed by atoms with Gasteiger partial charge in [-0.3, -0.25) is 4.79 Å². The maximum absolute atomic E-state index is 12.2. The minimum atomic E-state index is -0.861. The van der Waals surface area contributed by atoms with Gasteiger partial charge in [-0.05, 0) is 31.6 Å². The first-order chi connectivity index (χ1) is 7.78. The molecular formula is C13H21Cl2NO. The summed E-state index contributed by atoms with van der Waals surface area (Å²) in [6.07, 6.45) is 4.09. The lowest BCUT2D eigenvalue weighted by atomic mass is 9.78. The number of carbonyl (C=O) groups excluding carboxylic acids is 1. The van der Waals surface area contributed by atoms with Crippen LogP contribution in [-0.4, -0.2) is 16.3 Å². The van der Waals surface area contributed by atoms with E-state index >= 15 is 0 Å². The van der Waals surface area contributed by atoms with Crippen LogP contribution in [0.2, 0.25) is 0 Å². The van der Waals surface area contributed by atoms with E-state index in [1.54, 1.807) is 0 Å². The minimum Gasteiger partial charge on any atom is -0.353 e. The van der Waals surface area contributed by atoms with Gasteiger partial charge in [0.1, 0.15) is 4.33 Å². The van der Waals surface area contributed by atoms with Crippen LogP contribution in [0.1, 0.15) is 46.5 Å². The Balaban J connectivity index is 1.95. The summed E-state index contributed by atoms with van der Waals surface area (Å²) in [5.41, 5.74) is -0.587. The van der Waals surface area contributed by atoms with E-state index in [4.69, 9.17) is 23.2 Å². The van der Waals surface area contributed by atoms with Crippen molar-refractivity contribution in [1.29, 1.82) is 0 Å². The lowest BCUT2D eigenvalue weighted by Gasteiger charge is -2.35. The first-order valence-electron chi connectivity index (χ1n) is 6.47. The molecular weight excluding hydrogens is 257 g/mol. The maximum Gasteiger partial charge on any atom is 0.229 e. The zero-order valence-corrected chi connectivity index (χ0v) is 12.2. The van der Waals surface area contributed by atoms with Crippen molar-refractivity contribution in [2.45, 2.75) is 56.8 Å². The lowest BCUT2D eigenvalue weighted by Crippen LogP contribution is -2.46. The fourth-order valence-corrected chi connectivity index (χ4v) is 3.47. The van der Waals surface area contributed by atoms with Gasteiger partial charge in [0.05, 0.1) is 5.41 Å². The van der Waals surface area contributed by atoms with Crippen LogP contribution in [0.4, 0.5) is 0 Å². The number of rotatable bonds is 2. The molecule has 2 aliphatic carbocycles. The summed E-state index contributed by atoms with van der Waals surface area (Å²) in [4.78, 5) is 12.2. The summed E-state index contributed by atoms with van der Waals surface area (Å²) in [5.74, 6) is 1.24. The number of nitrogens with one attached hydrogen (secondary N) is 1. The van der Waals surface area contributed by atoms with Crippen LogP contribution >= 0.6 is 23.2 Å². The van der Waals surface area contributed by atoms with Crippen molar-refractivity contribution < 1.29 is 4.79 Å². The number of alkyl halides is 2. The molecule has 0 radical (unpaired) electrons. The average molecular weight is 278 g/mol. The number of amides is 1. The molecule has 2 saturated carbocycles. The fraction of sp³-hybridized carbons (Fsp3) is 0.923. The van der Waals surface area contributed by atoms with Gasteiger partial charge in [0.2, 0.25) is 5.91 Å². The Labute approximate surface area is 113 Å². The molecule has 0 aromatic carbocycles.